The molecule has 0 heterocycles. The largest absolute Gasteiger partial charge is 0.449 e. The monoisotopic (exact) mass is 418 g/mol. The Bertz CT molecular complexity index is 517. The van der Waals surface area contributed by atoms with E-state index in [-0.39, 0.29) is 11.9 Å². The number of hydrogen-bond acceptors (Lipinski definition) is 4. The van der Waals surface area contributed by atoms with E-state index in [0.29, 0.717) is 12.8 Å². The molecule has 2 aliphatic rings. The zero-order chi connectivity index (χ0) is 21.6. The highest BCUT2D eigenvalue weighted by molar-refractivity contribution is 5.70. The van der Waals surface area contributed by atoms with Crippen molar-refractivity contribution in [2.75, 3.05) is 0 Å². The third kappa shape index (κ3) is 13.7. The maximum atomic E-state index is 11.9. The van der Waals surface area contributed by atoms with Crippen LogP contribution in [0.3, 0.4) is 0 Å². The van der Waals surface area contributed by atoms with Gasteiger partial charge in [-0.2, -0.15) is 0 Å². The SMILES string of the molecule is CC(C#CC(C)OC(=O)CCCCCCC1CC1)OC(=O)CCCCCCC1CC1. The Morgan fingerprint density at radius 1 is 0.667 bits per heavy atom. The summed E-state index contributed by atoms with van der Waals surface area (Å²) in [6, 6.07) is 0. The Kier molecular flexibility index (Phi) is 12.0. The first kappa shape index (κ1) is 24.8. The van der Waals surface area contributed by atoms with Crippen molar-refractivity contribution in [2.45, 2.75) is 129 Å². The molecule has 0 saturated heterocycles. The van der Waals surface area contributed by atoms with Gasteiger partial charge in [-0.3, -0.25) is 9.59 Å². The first-order chi connectivity index (χ1) is 14.5. The van der Waals surface area contributed by atoms with Gasteiger partial charge in [0.2, 0.25) is 0 Å². The summed E-state index contributed by atoms with van der Waals surface area (Å²) in [4.78, 5) is 23.8. The standard InChI is InChI=1S/C26H42O4/c1-21(29-25(27)13-9-5-3-7-11-23-17-18-23)15-16-22(2)30-26(28)14-10-6-4-8-12-24-19-20-24/h21-24H,3-14,17-20H2,1-2H3. The predicted molar refractivity (Wildman–Crippen MR) is 120 cm³/mol. The van der Waals surface area contributed by atoms with Crippen molar-refractivity contribution in [2.24, 2.45) is 11.8 Å². The fourth-order valence-corrected chi connectivity index (χ4v) is 3.73. The molecule has 0 aromatic carbocycles. The Hall–Kier alpha value is -1.50. The molecule has 170 valence electrons. The van der Waals surface area contributed by atoms with Gasteiger partial charge >= 0.3 is 11.9 Å². The smallest absolute Gasteiger partial charge is 0.307 e. The lowest BCUT2D eigenvalue weighted by molar-refractivity contribution is -0.147. The molecule has 0 aromatic heterocycles. The molecule has 4 nitrogen and oxygen atoms in total. The summed E-state index contributed by atoms with van der Waals surface area (Å²) in [6.45, 7) is 3.52. The van der Waals surface area contributed by atoms with E-state index in [9.17, 15) is 9.59 Å². The first-order valence-electron chi connectivity index (χ1n) is 12.4. The number of ether oxygens (including phenoxy) is 2. The molecule has 2 rings (SSSR count). The van der Waals surface area contributed by atoms with Crippen molar-refractivity contribution in [3.05, 3.63) is 0 Å². The maximum Gasteiger partial charge on any atom is 0.307 e. The van der Waals surface area contributed by atoms with E-state index in [1.54, 1.807) is 13.8 Å². The van der Waals surface area contributed by atoms with Crippen LogP contribution in [0.4, 0.5) is 0 Å². The minimum Gasteiger partial charge on any atom is -0.449 e. The minimum atomic E-state index is -0.472. The second-order valence-corrected chi connectivity index (χ2v) is 9.35. The van der Waals surface area contributed by atoms with Gasteiger partial charge in [0, 0.05) is 12.8 Å². The van der Waals surface area contributed by atoms with Gasteiger partial charge in [-0.05, 0) is 38.5 Å². The third-order valence-electron chi connectivity index (χ3n) is 5.99. The summed E-state index contributed by atoms with van der Waals surface area (Å²) >= 11 is 0. The van der Waals surface area contributed by atoms with E-state index in [2.05, 4.69) is 11.8 Å². The molecule has 2 unspecified atom stereocenters. The molecule has 2 aliphatic carbocycles. The average Bonchev–Trinajstić information content (AvgIpc) is 3.60. The highest BCUT2D eigenvalue weighted by Crippen LogP contribution is 2.34. The van der Waals surface area contributed by atoms with E-state index in [1.807, 2.05) is 0 Å². The third-order valence-corrected chi connectivity index (χ3v) is 5.99. The summed E-state index contributed by atoms with van der Waals surface area (Å²) in [5, 5.41) is 0. The van der Waals surface area contributed by atoms with Crippen molar-refractivity contribution in [3.8, 4) is 11.8 Å². The number of hydrogen-bond donors (Lipinski definition) is 0. The van der Waals surface area contributed by atoms with Gasteiger partial charge in [-0.25, -0.2) is 0 Å². The topological polar surface area (TPSA) is 52.6 Å². The lowest BCUT2D eigenvalue weighted by Crippen LogP contribution is -2.15. The van der Waals surface area contributed by atoms with Crippen LogP contribution in [0, 0.1) is 23.7 Å². The van der Waals surface area contributed by atoms with Gasteiger partial charge in [0.25, 0.3) is 0 Å². The Morgan fingerprint density at radius 2 is 1.03 bits per heavy atom. The van der Waals surface area contributed by atoms with Crippen LogP contribution in [0.2, 0.25) is 0 Å². The highest BCUT2D eigenvalue weighted by Gasteiger charge is 2.20. The van der Waals surface area contributed by atoms with E-state index in [4.69, 9.17) is 9.47 Å². The van der Waals surface area contributed by atoms with Gasteiger partial charge in [0.05, 0.1) is 0 Å². The molecule has 0 amide bonds. The molecule has 0 bridgehead atoms. The van der Waals surface area contributed by atoms with Gasteiger partial charge in [-0.1, -0.05) is 88.9 Å². The average molecular weight is 419 g/mol. The number of carbonyl (C=O) groups is 2. The van der Waals surface area contributed by atoms with Crippen LogP contribution in [0.25, 0.3) is 0 Å². The number of carbonyl (C=O) groups excluding carboxylic acids is 2. The molecular formula is C26H42O4. The Labute approximate surface area is 183 Å². The van der Waals surface area contributed by atoms with Crippen LogP contribution in [0.15, 0.2) is 0 Å². The molecule has 4 heteroatoms. The molecule has 0 aromatic rings. The molecule has 0 spiro atoms. The normalized spacial score (nSPS) is 17.5. The molecule has 0 radical (unpaired) electrons. The van der Waals surface area contributed by atoms with Gasteiger partial charge < -0.3 is 9.47 Å². The Balaban J connectivity index is 1.43. The minimum absolute atomic E-state index is 0.190. The molecule has 0 N–H and O–H groups in total. The van der Waals surface area contributed by atoms with Crippen LogP contribution in [-0.2, 0) is 19.1 Å². The molecule has 2 fully saturated rings. The molecule has 2 saturated carbocycles. The number of esters is 2. The Morgan fingerprint density at radius 3 is 1.40 bits per heavy atom. The van der Waals surface area contributed by atoms with Crippen molar-refractivity contribution in [1.29, 1.82) is 0 Å². The molecular weight excluding hydrogens is 376 g/mol. The van der Waals surface area contributed by atoms with Crippen LogP contribution in [-0.4, -0.2) is 24.1 Å². The number of rotatable bonds is 16. The van der Waals surface area contributed by atoms with Gasteiger partial charge in [0.15, 0.2) is 12.2 Å². The van der Waals surface area contributed by atoms with Crippen LogP contribution < -0.4 is 0 Å². The highest BCUT2D eigenvalue weighted by atomic mass is 16.5. The first-order valence-corrected chi connectivity index (χ1v) is 12.4. The van der Waals surface area contributed by atoms with Gasteiger partial charge in [-0.15, -0.1) is 0 Å². The van der Waals surface area contributed by atoms with Crippen molar-refractivity contribution in [3.63, 3.8) is 0 Å². The zero-order valence-electron chi connectivity index (χ0n) is 19.3. The van der Waals surface area contributed by atoms with Crippen LogP contribution in [0.1, 0.15) is 117 Å². The van der Waals surface area contributed by atoms with Crippen molar-refractivity contribution < 1.29 is 19.1 Å². The predicted octanol–water partition coefficient (Wildman–Crippen LogP) is 6.35. The summed E-state index contributed by atoms with van der Waals surface area (Å²) in [6.07, 6.45) is 17.3. The lowest BCUT2D eigenvalue weighted by atomic mass is 10.1. The van der Waals surface area contributed by atoms with Crippen molar-refractivity contribution in [1.82, 2.24) is 0 Å². The quantitative estimate of drug-likeness (QED) is 0.166. The van der Waals surface area contributed by atoms with Crippen LogP contribution in [0.5, 0.6) is 0 Å². The number of unbranched alkanes of at least 4 members (excludes halogenated alkanes) is 6. The summed E-state index contributed by atoms with van der Waals surface area (Å²) in [5.74, 6) is 7.37. The van der Waals surface area contributed by atoms with Crippen LogP contribution >= 0.6 is 0 Å². The second kappa shape index (κ2) is 14.5. The summed E-state index contributed by atoms with van der Waals surface area (Å²) < 4.78 is 10.7. The zero-order valence-corrected chi connectivity index (χ0v) is 19.3. The maximum absolute atomic E-state index is 11.9. The fraction of sp³-hybridized carbons (Fsp3) is 0.846. The summed E-state index contributed by atoms with van der Waals surface area (Å²) in [5.41, 5.74) is 0. The van der Waals surface area contributed by atoms with Gasteiger partial charge in [0.1, 0.15) is 0 Å². The van der Waals surface area contributed by atoms with E-state index in [0.717, 1.165) is 37.5 Å². The molecule has 30 heavy (non-hydrogen) atoms. The lowest BCUT2D eigenvalue weighted by Gasteiger charge is -2.09. The van der Waals surface area contributed by atoms with E-state index < -0.39 is 12.2 Å². The van der Waals surface area contributed by atoms with E-state index in [1.165, 1.54) is 64.2 Å². The second-order valence-electron chi connectivity index (χ2n) is 9.35. The van der Waals surface area contributed by atoms with E-state index >= 15 is 0 Å². The molecule has 2 atom stereocenters. The fourth-order valence-electron chi connectivity index (χ4n) is 3.73. The van der Waals surface area contributed by atoms with Crippen molar-refractivity contribution >= 4 is 11.9 Å². The summed E-state index contributed by atoms with van der Waals surface area (Å²) in [7, 11) is 0. The molecule has 0 aliphatic heterocycles.